The summed E-state index contributed by atoms with van der Waals surface area (Å²) in [5.41, 5.74) is 1.27. The smallest absolute Gasteiger partial charge is 0.270 e. The summed E-state index contributed by atoms with van der Waals surface area (Å²) in [4.78, 5) is 48.5. The third kappa shape index (κ3) is 3.36. The van der Waals surface area contributed by atoms with Crippen molar-refractivity contribution in [3.63, 3.8) is 0 Å². The fraction of sp³-hybridized carbons (Fsp3) is 0.250. The standard InChI is InChI=1S/C20H18N2O5/c1-3-12(2)13-4-6-14(7-5-13)18(23)11-21-19(24)16-9-8-15(22(26)27)10-17(16)20(21)25/h4-10,12H,3,11H2,1-2H3. The van der Waals surface area contributed by atoms with Gasteiger partial charge in [0.25, 0.3) is 17.5 Å². The van der Waals surface area contributed by atoms with Crippen LogP contribution in [0.5, 0.6) is 0 Å². The van der Waals surface area contributed by atoms with Crippen molar-refractivity contribution in [2.24, 2.45) is 0 Å². The normalized spacial score (nSPS) is 14.2. The van der Waals surface area contributed by atoms with Crippen molar-refractivity contribution in [1.29, 1.82) is 0 Å². The molecule has 2 aromatic rings. The zero-order valence-electron chi connectivity index (χ0n) is 15.0. The molecule has 0 fully saturated rings. The highest BCUT2D eigenvalue weighted by Crippen LogP contribution is 2.27. The predicted octanol–water partition coefficient (Wildman–Crippen LogP) is 3.59. The van der Waals surface area contributed by atoms with Gasteiger partial charge in [0.05, 0.1) is 22.6 Å². The Balaban J connectivity index is 1.79. The molecule has 0 radical (unpaired) electrons. The number of amides is 2. The van der Waals surface area contributed by atoms with Crippen molar-refractivity contribution in [3.8, 4) is 0 Å². The summed E-state index contributed by atoms with van der Waals surface area (Å²) in [6, 6.07) is 10.6. The van der Waals surface area contributed by atoms with E-state index in [-0.39, 0.29) is 22.6 Å². The van der Waals surface area contributed by atoms with E-state index in [0.717, 1.165) is 23.0 Å². The Morgan fingerprint density at radius 2 is 1.70 bits per heavy atom. The lowest BCUT2D eigenvalue weighted by molar-refractivity contribution is -0.384. The molecular weight excluding hydrogens is 348 g/mol. The van der Waals surface area contributed by atoms with Gasteiger partial charge < -0.3 is 0 Å². The molecule has 1 heterocycles. The molecule has 7 nitrogen and oxygen atoms in total. The number of Topliss-reactive ketones (excluding diaryl/α,β-unsaturated/α-hetero) is 1. The second kappa shape index (κ2) is 7.11. The average Bonchev–Trinajstić information content (AvgIpc) is 2.91. The number of benzene rings is 2. The number of ketones is 1. The van der Waals surface area contributed by atoms with Gasteiger partial charge >= 0.3 is 0 Å². The number of carbonyl (C=O) groups excluding carboxylic acids is 3. The third-order valence-corrected chi connectivity index (χ3v) is 4.88. The highest BCUT2D eigenvalue weighted by Gasteiger charge is 2.37. The monoisotopic (exact) mass is 366 g/mol. The van der Waals surface area contributed by atoms with Crippen molar-refractivity contribution >= 4 is 23.3 Å². The van der Waals surface area contributed by atoms with Crippen LogP contribution < -0.4 is 0 Å². The van der Waals surface area contributed by atoms with Crippen LogP contribution in [0.3, 0.4) is 0 Å². The maximum Gasteiger partial charge on any atom is 0.270 e. The molecule has 0 saturated carbocycles. The van der Waals surface area contributed by atoms with Crippen LogP contribution >= 0.6 is 0 Å². The summed E-state index contributed by atoms with van der Waals surface area (Å²) in [5, 5.41) is 10.9. The minimum Gasteiger partial charge on any atom is -0.292 e. The van der Waals surface area contributed by atoms with E-state index in [4.69, 9.17) is 0 Å². The topological polar surface area (TPSA) is 97.6 Å². The van der Waals surface area contributed by atoms with Crippen LogP contribution in [0.4, 0.5) is 5.69 Å². The average molecular weight is 366 g/mol. The summed E-state index contributed by atoms with van der Waals surface area (Å²) in [6.45, 7) is 3.77. The van der Waals surface area contributed by atoms with Gasteiger partial charge in [0.1, 0.15) is 0 Å². The first-order valence-corrected chi connectivity index (χ1v) is 8.61. The SMILES string of the molecule is CCC(C)c1ccc(C(=O)CN2C(=O)c3ccc([N+](=O)[O-])cc3C2=O)cc1. The van der Waals surface area contributed by atoms with E-state index in [9.17, 15) is 24.5 Å². The van der Waals surface area contributed by atoms with Crippen LogP contribution in [0.25, 0.3) is 0 Å². The zero-order valence-corrected chi connectivity index (χ0v) is 15.0. The molecule has 2 aromatic carbocycles. The van der Waals surface area contributed by atoms with Gasteiger partial charge in [0, 0.05) is 17.7 Å². The van der Waals surface area contributed by atoms with E-state index in [1.165, 1.54) is 12.1 Å². The molecule has 0 aromatic heterocycles. The maximum absolute atomic E-state index is 12.5. The summed E-state index contributed by atoms with van der Waals surface area (Å²) in [7, 11) is 0. The molecule has 27 heavy (non-hydrogen) atoms. The lowest BCUT2D eigenvalue weighted by Gasteiger charge is -2.13. The number of carbonyl (C=O) groups is 3. The molecule has 0 spiro atoms. The Labute approximate surface area is 155 Å². The first-order chi connectivity index (χ1) is 12.8. The largest absolute Gasteiger partial charge is 0.292 e. The molecule has 2 amide bonds. The van der Waals surface area contributed by atoms with E-state index < -0.39 is 23.3 Å². The molecule has 7 heteroatoms. The number of hydrogen-bond donors (Lipinski definition) is 0. The van der Waals surface area contributed by atoms with Gasteiger partial charge in [-0.1, -0.05) is 38.1 Å². The van der Waals surface area contributed by atoms with Crippen molar-refractivity contribution in [2.45, 2.75) is 26.2 Å². The lowest BCUT2D eigenvalue weighted by atomic mass is 9.97. The number of nitro benzene ring substituents is 1. The number of non-ortho nitro benzene ring substituents is 1. The molecule has 0 saturated heterocycles. The van der Waals surface area contributed by atoms with E-state index in [1.54, 1.807) is 12.1 Å². The molecule has 0 aliphatic carbocycles. The highest BCUT2D eigenvalue weighted by atomic mass is 16.6. The van der Waals surface area contributed by atoms with Crippen molar-refractivity contribution in [1.82, 2.24) is 4.90 Å². The van der Waals surface area contributed by atoms with Gasteiger partial charge in [-0.05, 0) is 24.0 Å². The molecule has 0 N–H and O–H groups in total. The molecule has 1 aliphatic rings. The van der Waals surface area contributed by atoms with Crippen molar-refractivity contribution in [2.75, 3.05) is 6.54 Å². The Morgan fingerprint density at radius 1 is 1.07 bits per heavy atom. The summed E-state index contributed by atoms with van der Waals surface area (Å²) in [6.07, 6.45) is 0.981. The molecule has 138 valence electrons. The van der Waals surface area contributed by atoms with E-state index in [0.29, 0.717) is 11.5 Å². The lowest BCUT2D eigenvalue weighted by Crippen LogP contribution is -2.34. The number of rotatable bonds is 6. The molecule has 3 rings (SSSR count). The Bertz CT molecular complexity index is 949. The molecule has 1 atom stereocenters. The van der Waals surface area contributed by atoms with Crippen molar-refractivity contribution < 1.29 is 19.3 Å². The number of nitrogens with zero attached hydrogens (tertiary/aromatic N) is 2. The molecule has 1 aliphatic heterocycles. The van der Waals surface area contributed by atoms with E-state index in [1.807, 2.05) is 12.1 Å². The second-order valence-electron chi connectivity index (χ2n) is 6.54. The first kappa shape index (κ1) is 18.4. The summed E-state index contributed by atoms with van der Waals surface area (Å²) < 4.78 is 0. The predicted molar refractivity (Wildman–Crippen MR) is 97.9 cm³/mol. The van der Waals surface area contributed by atoms with Crippen LogP contribution in [0.15, 0.2) is 42.5 Å². The van der Waals surface area contributed by atoms with Gasteiger partial charge in [-0.25, -0.2) is 0 Å². The Morgan fingerprint density at radius 3 is 2.30 bits per heavy atom. The first-order valence-electron chi connectivity index (χ1n) is 8.61. The second-order valence-corrected chi connectivity index (χ2v) is 6.54. The fourth-order valence-electron chi connectivity index (χ4n) is 3.00. The zero-order chi connectivity index (χ0) is 19.7. The minimum absolute atomic E-state index is 0.0471. The Kier molecular flexibility index (Phi) is 4.85. The van der Waals surface area contributed by atoms with Gasteiger partial charge in [0.15, 0.2) is 5.78 Å². The van der Waals surface area contributed by atoms with Gasteiger partial charge in [0.2, 0.25) is 0 Å². The summed E-state index contributed by atoms with van der Waals surface area (Å²) in [5.74, 6) is -1.30. The molecular formula is C20H18N2O5. The van der Waals surface area contributed by atoms with Gasteiger partial charge in [-0.2, -0.15) is 0 Å². The van der Waals surface area contributed by atoms with Crippen LogP contribution in [0.2, 0.25) is 0 Å². The highest BCUT2D eigenvalue weighted by molar-refractivity contribution is 6.23. The van der Waals surface area contributed by atoms with Crippen LogP contribution in [0, 0.1) is 10.1 Å². The van der Waals surface area contributed by atoms with Crippen LogP contribution in [-0.4, -0.2) is 34.0 Å². The fourth-order valence-corrected chi connectivity index (χ4v) is 3.00. The quantitative estimate of drug-likeness (QED) is 0.337. The minimum atomic E-state index is -0.691. The third-order valence-electron chi connectivity index (χ3n) is 4.88. The van der Waals surface area contributed by atoms with Crippen LogP contribution in [-0.2, 0) is 0 Å². The van der Waals surface area contributed by atoms with E-state index in [2.05, 4.69) is 13.8 Å². The number of hydrogen-bond acceptors (Lipinski definition) is 5. The summed E-state index contributed by atoms with van der Waals surface area (Å²) >= 11 is 0. The molecule has 0 bridgehead atoms. The van der Waals surface area contributed by atoms with Crippen molar-refractivity contribution in [3.05, 3.63) is 74.8 Å². The number of imide groups is 1. The van der Waals surface area contributed by atoms with Gasteiger partial charge in [-0.3, -0.25) is 29.4 Å². The molecule has 1 unspecified atom stereocenters. The maximum atomic E-state index is 12.5. The Hall–Kier alpha value is -3.35. The van der Waals surface area contributed by atoms with Crippen LogP contribution in [0.1, 0.15) is 62.8 Å². The number of nitro groups is 1. The van der Waals surface area contributed by atoms with Gasteiger partial charge in [-0.15, -0.1) is 0 Å². The number of fused-ring (bicyclic) bond motifs is 1. The van der Waals surface area contributed by atoms with E-state index >= 15 is 0 Å².